The summed E-state index contributed by atoms with van der Waals surface area (Å²) in [5.74, 6) is -0.532. The molecule has 1 heterocycles. The lowest BCUT2D eigenvalue weighted by Crippen LogP contribution is -2.44. The SMILES string of the molecule is CCC(CC)C(=O)NNC(=O)c1ccco1. The van der Waals surface area contributed by atoms with Crippen molar-refractivity contribution in [2.75, 3.05) is 0 Å². The first-order chi connectivity index (χ1) is 7.69. The van der Waals surface area contributed by atoms with E-state index in [4.69, 9.17) is 4.42 Å². The standard InChI is InChI=1S/C11H16N2O3/c1-3-8(4-2)10(14)12-13-11(15)9-6-5-7-16-9/h5-8H,3-4H2,1-2H3,(H,12,14)(H,13,15). The van der Waals surface area contributed by atoms with Crippen LogP contribution in [0, 0.1) is 5.92 Å². The Morgan fingerprint density at radius 3 is 2.50 bits per heavy atom. The summed E-state index contributed by atoms with van der Waals surface area (Å²) in [5, 5.41) is 0. The molecule has 0 atom stereocenters. The first-order valence-corrected chi connectivity index (χ1v) is 5.32. The Morgan fingerprint density at radius 2 is 2.00 bits per heavy atom. The maximum absolute atomic E-state index is 11.5. The molecule has 5 nitrogen and oxygen atoms in total. The molecule has 0 saturated carbocycles. The monoisotopic (exact) mass is 224 g/mol. The molecule has 5 heteroatoms. The van der Waals surface area contributed by atoms with Crippen molar-refractivity contribution in [3.8, 4) is 0 Å². The Hall–Kier alpha value is -1.78. The van der Waals surface area contributed by atoms with Crippen molar-refractivity contribution in [2.45, 2.75) is 26.7 Å². The van der Waals surface area contributed by atoms with E-state index in [0.29, 0.717) is 0 Å². The Labute approximate surface area is 94.2 Å². The molecule has 0 aliphatic heterocycles. The second-order valence-corrected chi connectivity index (χ2v) is 3.43. The van der Waals surface area contributed by atoms with Gasteiger partial charge in [-0.1, -0.05) is 13.8 Å². The van der Waals surface area contributed by atoms with Gasteiger partial charge < -0.3 is 4.42 Å². The van der Waals surface area contributed by atoms with Crippen molar-refractivity contribution in [3.05, 3.63) is 24.2 Å². The number of hydrazine groups is 1. The predicted molar refractivity (Wildman–Crippen MR) is 58.4 cm³/mol. The highest BCUT2D eigenvalue weighted by molar-refractivity contribution is 5.93. The first kappa shape index (κ1) is 12.3. The third-order valence-electron chi connectivity index (χ3n) is 2.40. The fourth-order valence-electron chi connectivity index (χ4n) is 1.35. The third kappa shape index (κ3) is 3.12. The minimum Gasteiger partial charge on any atom is -0.459 e. The Bertz CT molecular complexity index is 342. The molecule has 2 N–H and O–H groups in total. The van der Waals surface area contributed by atoms with Crippen LogP contribution in [0.2, 0.25) is 0 Å². The average Bonchev–Trinajstić information content (AvgIpc) is 2.81. The van der Waals surface area contributed by atoms with E-state index in [-0.39, 0.29) is 17.6 Å². The summed E-state index contributed by atoms with van der Waals surface area (Å²) in [5.41, 5.74) is 4.68. The second-order valence-electron chi connectivity index (χ2n) is 3.43. The van der Waals surface area contributed by atoms with Crippen LogP contribution in [0.5, 0.6) is 0 Å². The number of carbonyl (C=O) groups excluding carboxylic acids is 2. The summed E-state index contributed by atoms with van der Waals surface area (Å²) in [6.45, 7) is 3.87. The number of hydrogen-bond acceptors (Lipinski definition) is 3. The molecule has 0 radical (unpaired) electrons. The summed E-state index contributed by atoms with van der Waals surface area (Å²) in [4.78, 5) is 22.9. The molecule has 0 unspecified atom stereocenters. The molecule has 1 aromatic heterocycles. The van der Waals surface area contributed by atoms with E-state index in [1.54, 1.807) is 6.07 Å². The van der Waals surface area contributed by atoms with Crippen LogP contribution >= 0.6 is 0 Å². The van der Waals surface area contributed by atoms with E-state index >= 15 is 0 Å². The van der Waals surface area contributed by atoms with Crippen molar-refractivity contribution in [1.29, 1.82) is 0 Å². The van der Waals surface area contributed by atoms with Crippen molar-refractivity contribution in [1.82, 2.24) is 10.9 Å². The van der Waals surface area contributed by atoms with E-state index in [0.717, 1.165) is 12.8 Å². The van der Waals surface area contributed by atoms with E-state index in [1.807, 2.05) is 13.8 Å². The Kier molecular flexibility index (Phi) is 4.57. The van der Waals surface area contributed by atoms with Crippen molar-refractivity contribution in [3.63, 3.8) is 0 Å². The molecule has 1 rings (SSSR count). The predicted octanol–water partition coefficient (Wildman–Crippen LogP) is 1.48. The normalized spacial score (nSPS) is 10.2. The number of nitrogens with one attached hydrogen (secondary N) is 2. The zero-order chi connectivity index (χ0) is 12.0. The van der Waals surface area contributed by atoms with Crippen LogP contribution in [0.3, 0.4) is 0 Å². The highest BCUT2D eigenvalue weighted by Gasteiger charge is 2.15. The van der Waals surface area contributed by atoms with Crippen molar-refractivity contribution < 1.29 is 14.0 Å². The van der Waals surface area contributed by atoms with Crippen LogP contribution in [0.4, 0.5) is 0 Å². The zero-order valence-electron chi connectivity index (χ0n) is 9.45. The molecule has 1 aromatic rings. The highest BCUT2D eigenvalue weighted by Crippen LogP contribution is 2.06. The molecule has 0 fully saturated rings. The minimum absolute atomic E-state index is 0.0723. The lowest BCUT2D eigenvalue weighted by Gasteiger charge is -2.12. The third-order valence-corrected chi connectivity index (χ3v) is 2.40. The number of carbonyl (C=O) groups is 2. The van der Waals surface area contributed by atoms with Crippen LogP contribution in [0.25, 0.3) is 0 Å². The number of amides is 2. The van der Waals surface area contributed by atoms with Gasteiger partial charge in [-0.05, 0) is 25.0 Å². The number of hydrogen-bond donors (Lipinski definition) is 2. The molecule has 16 heavy (non-hydrogen) atoms. The average molecular weight is 224 g/mol. The lowest BCUT2D eigenvalue weighted by atomic mass is 10.0. The highest BCUT2D eigenvalue weighted by atomic mass is 16.3. The van der Waals surface area contributed by atoms with Gasteiger partial charge in [-0.25, -0.2) is 0 Å². The molecule has 0 aromatic carbocycles. The fraction of sp³-hybridized carbons (Fsp3) is 0.455. The Balaban J connectivity index is 2.40. The van der Waals surface area contributed by atoms with E-state index in [1.165, 1.54) is 12.3 Å². The summed E-state index contributed by atoms with van der Waals surface area (Å²) in [6, 6.07) is 3.14. The topological polar surface area (TPSA) is 71.3 Å². The van der Waals surface area contributed by atoms with Gasteiger partial charge in [0, 0.05) is 5.92 Å². The van der Waals surface area contributed by atoms with Gasteiger partial charge in [-0.3, -0.25) is 20.4 Å². The molecule has 0 spiro atoms. The van der Waals surface area contributed by atoms with Gasteiger partial charge in [-0.15, -0.1) is 0 Å². The van der Waals surface area contributed by atoms with Crippen LogP contribution in [-0.4, -0.2) is 11.8 Å². The van der Waals surface area contributed by atoms with Gasteiger partial charge in [0.2, 0.25) is 5.91 Å². The Morgan fingerprint density at radius 1 is 1.31 bits per heavy atom. The van der Waals surface area contributed by atoms with E-state index in [9.17, 15) is 9.59 Å². The summed E-state index contributed by atoms with van der Waals surface area (Å²) in [6.07, 6.45) is 2.90. The molecular formula is C11H16N2O3. The van der Waals surface area contributed by atoms with Crippen molar-refractivity contribution >= 4 is 11.8 Å². The van der Waals surface area contributed by atoms with Gasteiger partial charge >= 0.3 is 5.91 Å². The van der Waals surface area contributed by atoms with Crippen molar-refractivity contribution in [2.24, 2.45) is 5.92 Å². The molecule has 0 aliphatic carbocycles. The minimum atomic E-state index is -0.454. The summed E-state index contributed by atoms with van der Waals surface area (Å²) < 4.78 is 4.88. The van der Waals surface area contributed by atoms with Gasteiger partial charge in [0.05, 0.1) is 6.26 Å². The second kappa shape index (κ2) is 5.95. The number of furan rings is 1. The van der Waals surface area contributed by atoms with Crippen LogP contribution in [0.15, 0.2) is 22.8 Å². The van der Waals surface area contributed by atoms with Gasteiger partial charge in [0.1, 0.15) is 0 Å². The van der Waals surface area contributed by atoms with Gasteiger partial charge in [0.15, 0.2) is 5.76 Å². The quantitative estimate of drug-likeness (QED) is 0.761. The molecule has 0 aliphatic rings. The molecule has 88 valence electrons. The first-order valence-electron chi connectivity index (χ1n) is 5.32. The van der Waals surface area contributed by atoms with E-state index < -0.39 is 5.91 Å². The maximum atomic E-state index is 11.5. The van der Waals surface area contributed by atoms with Gasteiger partial charge in [-0.2, -0.15) is 0 Å². The van der Waals surface area contributed by atoms with Crippen LogP contribution < -0.4 is 10.9 Å². The summed E-state index contributed by atoms with van der Waals surface area (Å²) in [7, 11) is 0. The van der Waals surface area contributed by atoms with Gasteiger partial charge in [0.25, 0.3) is 0 Å². The summed E-state index contributed by atoms with van der Waals surface area (Å²) >= 11 is 0. The van der Waals surface area contributed by atoms with E-state index in [2.05, 4.69) is 10.9 Å². The molecule has 2 amide bonds. The largest absolute Gasteiger partial charge is 0.459 e. The maximum Gasteiger partial charge on any atom is 0.305 e. The fourth-order valence-corrected chi connectivity index (χ4v) is 1.35. The number of rotatable bonds is 4. The smallest absolute Gasteiger partial charge is 0.305 e. The van der Waals surface area contributed by atoms with Crippen LogP contribution in [-0.2, 0) is 4.79 Å². The van der Waals surface area contributed by atoms with Crippen LogP contribution in [0.1, 0.15) is 37.2 Å². The molecule has 0 saturated heterocycles. The zero-order valence-corrected chi connectivity index (χ0v) is 9.45. The molecular weight excluding hydrogens is 208 g/mol. The molecule has 0 bridgehead atoms. The lowest BCUT2D eigenvalue weighted by molar-refractivity contribution is -0.126.